The Labute approximate surface area is 122 Å². The molecular formula is C15H16N4S. The summed E-state index contributed by atoms with van der Waals surface area (Å²) in [4.78, 5) is 5.39. The van der Waals surface area contributed by atoms with Crippen molar-refractivity contribution >= 4 is 22.3 Å². The number of rotatable bonds is 4. The second-order valence-corrected chi connectivity index (χ2v) is 5.39. The summed E-state index contributed by atoms with van der Waals surface area (Å²) in [6.45, 7) is 2.11. The summed E-state index contributed by atoms with van der Waals surface area (Å²) in [5, 5.41) is 10.00. The van der Waals surface area contributed by atoms with Crippen LogP contribution in [-0.4, -0.2) is 21.6 Å². The fraction of sp³-hybridized carbons (Fsp3) is 0.267. The lowest BCUT2D eigenvalue weighted by Crippen LogP contribution is -2.18. The van der Waals surface area contributed by atoms with Gasteiger partial charge in [0.05, 0.1) is 16.6 Å². The van der Waals surface area contributed by atoms with Gasteiger partial charge in [-0.1, -0.05) is 29.6 Å². The van der Waals surface area contributed by atoms with Crippen LogP contribution in [0.2, 0.25) is 0 Å². The number of pyridine rings is 1. The van der Waals surface area contributed by atoms with Crippen LogP contribution < -0.4 is 5.32 Å². The van der Waals surface area contributed by atoms with Gasteiger partial charge in [0.1, 0.15) is 0 Å². The van der Waals surface area contributed by atoms with Crippen molar-refractivity contribution in [3.05, 3.63) is 52.8 Å². The highest BCUT2D eigenvalue weighted by molar-refractivity contribution is 7.05. The molecule has 3 aromatic rings. The van der Waals surface area contributed by atoms with Gasteiger partial charge in [-0.05, 0) is 42.0 Å². The van der Waals surface area contributed by atoms with Crippen LogP contribution in [0.1, 0.15) is 29.1 Å². The molecule has 0 amide bonds. The van der Waals surface area contributed by atoms with Gasteiger partial charge in [-0.2, -0.15) is 0 Å². The molecule has 1 unspecified atom stereocenters. The van der Waals surface area contributed by atoms with Gasteiger partial charge in [0.25, 0.3) is 0 Å². The molecule has 3 rings (SSSR count). The summed E-state index contributed by atoms with van der Waals surface area (Å²) in [7, 11) is 1.98. The standard InChI is InChI=1S/C15H16N4S/c1-3-13-15(20-19-18-13)14(16-2)12-6-4-5-10-9-17-8-7-11(10)12/h4-9,14,16H,3H2,1-2H3. The Morgan fingerprint density at radius 2 is 2.20 bits per heavy atom. The van der Waals surface area contributed by atoms with Crippen LogP contribution in [-0.2, 0) is 6.42 Å². The molecule has 0 saturated carbocycles. The first-order valence-corrected chi connectivity index (χ1v) is 7.43. The number of nitrogens with one attached hydrogen (secondary N) is 1. The lowest BCUT2D eigenvalue weighted by atomic mass is 9.98. The lowest BCUT2D eigenvalue weighted by Gasteiger charge is -2.17. The van der Waals surface area contributed by atoms with Gasteiger partial charge in [-0.15, -0.1) is 5.10 Å². The maximum absolute atomic E-state index is 4.23. The van der Waals surface area contributed by atoms with Crippen molar-refractivity contribution < 1.29 is 0 Å². The van der Waals surface area contributed by atoms with E-state index in [1.165, 1.54) is 27.4 Å². The first kappa shape index (κ1) is 13.1. The van der Waals surface area contributed by atoms with Crippen LogP contribution in [0.15, 0.2) is 36.7 Å². The molecule has 0 spiro atoms. The van der Waals surface area contributed by atoms with Crippen molar-refractivity contribution in [1.29, 1.82) is 0 Å². The summed E-state index contributed by atoms with van der Waals surface area (Å²) < 4.78 is 4.11. The molecule has 5 heteroatoms. The van der Waals surface area contributed by atoms with Gasteiger partial charge >= 0.3 is 0 Å². The van der Waals surface area contributed by atoms with Gasteiger partial charge in [-0.3, -0.25) is 4.98 Å². The zero-order valence-corrected chi connectivity index (χ0v) is 12.3. The Balaban J connectivity index is 2.17. The molecule has 2 heterocycles. The molecule has 0 aliphatic carbocycles. The largest absolute Gasteiger partial charge is 0.309 e. The predicted molar refractivity (Wildman–Crippen MR) is 81.9 cm³/mol. The summed E-state index contributed by atoms with van der Waals surface area (Å²) in [6.07, 6.45) is 4.64. The SMILES string of the molecule is CCc1nnsc1C(NC)c1cccc2cnccc12. The van der Waals surface area contributed by atoms with Crippen molar-refractivity contribution in [2.24, 2.45) is 0 Å². The van der Waals surface area contributed by atoms with E-state index in [0.717, 1.165) is 17.5 Å². The number of aromatic nitrogens is 3. The molecule has 1 N–H and O–H groups in total. The Kier molecular flexibility index (Phi) is 3.71. The smallest absolute Gasteiger partial charge is 0.0804 e. The minimum atomic E-state index is 0.121. The predicted octanol–water partition coefficient (Wildman–Crippen LogP) is 2.96. The van der Waals surface area contributed by atoms with E-state index in [4.69, 9.17) is 0 Å². The highest BCUT2D eigenvalue weighted by Crippen LogP contribution is 2.31. The van der Waals surface area contributed by atoms with Gasteiger partial charge in [0, 0.05) is 17.8 Å². The molecule has 0 saturated heterocycles. The Morgan fingerprint density at radius 1 is 1.30 bits per heavy atom. The molecule has 0 radical (unpaired) electrons. The van der Waals surface area contributed by atoms with Crippen molar-refractivity contribution in [2.75, 3.05) is 7.05 Å². The molecule has 0 aliphatic heterocycles. The molecule has 102 valence electrons. The normalized spacial score (nSPS) is 12.7. The summed E-state index contributed by atoms with van der Waals surface area (Å²) in [5.41, 5.74) is 2.31. The van der Waals surface area contributed by atoms with Gasteiger partial charge in [-0.25, -0.2) is 0 Å². The van der Waals surface area contributed by atoms with Crippen LogP contribution in [0.4, 0.5) is 0 Å². The molecule has 0 aliphatic rings. The van der Waals surface area contributed by atoms with Crippen molar-refractivity contribution in [3.8, 4) is 0 Å². The minimum Gasteiger partial charge on any atom is -0.309 e. The van der Waals surface area contributed by atoms with Crippen molar-refractivity contribution in [2.45, 2.75) is 19.4 Å². The second kappa shape index (κ2) is 5.64. The third kappa shape index (κ3) is 2.19. The molecule has 1 atom stereocenters. The van der Waals surface area contributed by atoms with E-state index >= 15 is 0 Å². The Hall–Kier alpha value is -1.85. The third-order valence-corrected chi connectivity index (χ3v) is 4.33. The third-order valence-electron chi connectivity index (χ3n) is 3.50. The highest BCUT2D eigenvalue weighted by atomic mass is 32.1. The van der Waals surface area contributed by atoms with E-state index in [1.54, 1.807) is 0 Å². The first-order chi connectivity index (χ1) is 9.85. The zero-order valence-electron chi connectivity index (χ0n) is 11.5. The van der Waals surface area contributed by atoms with Crippen LogP contribution >= 0.6 is 11.5 Å². The average Bonchev–Trinajstić information content (AvgIpc) is 2.97. The van der Waals surface area contributed by atoms with E-state index in [-0.39, 0.29) is 6.04 Å². The molecule has 0 fully saturated rings. The van der Waals surface area contributed by atoms with Gasteiger partial charge in [0.2, 0.25) is 0 Å². The second-order valence-electron chi connectivity index (χ2n) is 4.60. The van der Waals surface area contributed by atoms with Crippen LogP contribution in [0.25, 0.3) is 10.8 Å². The molecular weight excluding hydrogens is 268 g/mol. The van der Waals surface area contributed by atoms with Crippen molar-refractivity contribution in [1.82, 2.24) is 19.9 Å². The first-order valence-electron chi connectivity index (χ1n) is 6.66. The molecule has 20 heavy (non-hydrogen) atoms. The van der Waals surface area contributed by atoms with Gasteiger partial charge in [0.15, 0.2) is 0 Å². The van der Waals surface area contributed by atoms with Crippen LogP contribution in [0.5, 0.6) is 0 Å². The molecule has 0 bridgehead atoms. The number of fused-ring (bicyclic) bond motifs is 1. The summed E-state index contributed by atoms with van der Waals surface area (Å²) >= 11 is 1.47. The van der Waals surface area contributed by atoms with Crippen LogP contribution in [0, 0.1) is 0 Å². The topological polar surface area (TPSA) is 50.7 Å². The zero-order chi connectivity index (χ0) is 13.9. The average molecular weight is 284 g/mol. The number of hydrogen-bond donors (Lipinski definition) is 1. The summed E-state index contributed by atoms with van der Waals surface area (Å²) in [5.74, 6) is 0. The van der Waals surface area contributed by atoms with E-state index in [9.17, 15) is 0 Å². The van der Waals surface area contributed by atoms with Crippen molar-refractivity contribution in [3.63, 3.8) is 0 Å². The quantitative estimate of drug-likeness (QED) is 0.800. The van der Waals surface area contributed by atoms with Gasteiger partial charge < -0.3 is 5.32 Å². The monoisotopic (exact) mass is 284 g/mol. The molecule has 1 aromatic carbocycles. The Bertz CT molecular complexity index is 717. The number of benzene rings is 1. The molecule has 4 nitrogen and oxygen atoms in total. The maximum atomic E-state index is 4.23. The minimum absolute atomic E-state index is 0.121. The van der Waals surface area contributed by atoms with E-state index in [0.29, 0.717) is 0 Å². The maximum Gasteiger partial charge on any atom is 0.0804 e. The Morgan fingerprint density at radius 3 is 3.00 bits per heavy atom. The van der Waals surface area contributed by atoms with E-state index in [1.807, 2.05) is 19.4 Å². The fourth-order valence-corrected chi connectivity index (χ4v) is 3.38. The van der Waals surface area contributed by atoms with Crippen LogP contribution in [0.3, 0.4) is 0 Å². The highest BCUT2D eigenvalue weighted by Gasteiger charge is 2.20. The van der Waals surface area contributed by atoms with E-state index < -0.39 is 0 Å². The fourth-order valence-electron chi connectivity index (χ4n) is 2.51. The number of aryl methyl sites for hydroxylation is 1. The number of nitrogens with zero attached hydrogens (tertiary/aromatic N) is 3. The number of hydrogen-bond acceptors (Lipinski definition) is 5. The molecule has 2 aromatic heterocycles. The van der Waals surface area contributed by atoms with E-state index in [2.05, 4.69) is 51.1 Å². The summed E-state index contributed by atoms with van der Waals surface area (Å²) in [6, 6.07) is 8.50. The lowest BCUT2D eigenvalue weighted by molar-refractivity contribution is 0.698.